The first-order chi connectivity index (χ1) is 19.1. The number of halogens is 2. The van der Waals surface area contributed by atoms with E-state index >= 15 is 4.39 Å². The van der Waals surface area contributed by atoms with Crippen LogP contribution in [0.1, 0.15) is 49.3 Å². The van der Waals surface area contributed by atoms with E-state index in [0.29, 0.717) is 56.4 Å². The number of amides is 3. The molecule has 8 nitrogen and oxygen atoms in total. The minimum atomic E-state index is -1.42. The molecule has 40 heavy (non-hydrogen) atoms. The molecule has 6 rings (SSSR count). The van der Waals surface area contributed by atoms with Gasteiger partial charge in [0.1, 0.15) is 5.82 Å². The zero-order chi connectivity index (χ0) is 28.2. The average molecular weight is 567 g/mol. The lowest BCUT2D eigenvalue weighted by Gasteiger charge is -2.50. The molecule has 0 unspecified atom stereocenters. The van der Waals surface area contributed by atoms with E-state index in [1.165, 1.54) is 11.1 Å². The first kappa shape index (κ1) is 27.1. The average Bonchev–Trinajstić information content (AvgIpc) is 2.87. The van der Waals surface area contributed by atoms with Crippen LogP contribution >= 0.6 is 11.6 Å². The molecule has 1 aromatic heterocycles. The number of anilines is 1. The fraction of sp³-hybridized carbons (Fsp3) is 0.433. The van der Waals surface area contributed by atoms with Crippen LogP contribution in [0, 0.1) is 11.2 Å². The number of aromatic nitrogens is 1. The van der Waals surface area contributed by atoms with Crippen LogP contribution in [0.25, 0.3) is 10.9 Å². The SMILES string of the molecule is CC1(C)CN(Cc2ccc(Cl)c(C3COC3)c2)CC[C@@]1(O)c1ccc2ncc(N3CCC(=O)NC3=O)cc2c1F. The van der Waals surface area contributed by atoms with Crippen molar-refractivity contribution in [3.63, 3.8) is 0 Å². The smallest absolute Gasteiger partial charge is 0.328 e. The molecule has 3 aromatic rings. The second-order valence-electron chi connectivity index (χ2n) is 11.7. The predicted molar refractivity (Wildman–Crippen MR) is 150 cm³/mol. The van der Waals surface area contributed by atoms with Gasteiger partial charge in [-0.05, 0) is 35.7 Å². The number of nitrogens with one attached hydrogen (secondary N) is 1. The van der Waals surface area contributed by atoms with Gasteiger partial charge in [0.2, 0.25) is 5.91 Å². The number of aliphatic hydroxyl groups is 1. The van der Waals surface area contributed by atoms with Crippen LogP contribution in [-0.2, 0) is 21.7 Å². The Labute approximate surface area is 237 Å². The van der Waals surface area contributed by atoms with Crippen molar-refractivity contribution in [3.05, 3.63) is 70.1 Å². The first-order valence-electron chi connectivity index (χ1n) is 13.6. The van der Waals surface area contributed by atoms with Crippen LogP contribution in [0.15, 0.2) is 42.6 Å². The maximum atomic E-state index is 16.2. The molecule has 1 atom stereocenters. The molecule has 4 heterocycles. The summed E-state index contributed by atoms with van der Waals surface area (Å²) in [5.41, 5.74) is 1.21. The van der Waals surface area contributed by atoms with Crippen molar-refractivity contribution < 1.29 is 23.8 Å². The number of ether oxygens (including phenoxy) is 1. The van der Waals surface area contributed by atoms with Crippen LogP contribution in [0.3, 0.4) is 0 Å². The minimum Gasteiger partial charge on any atom is -0.384 e. The molecule has 10 heteroatoms. The number of urea groups is 1. The van der Waals surface area contributed by atoms with Gasteiger partial charge in [0.05, 0.1) is 36.2 Å². The number of hydrogen-bond acceptors (Lipinski definition) is 6. The van der Waals surface area contributed by atoms with Crippen molar-refractivity contribution in [2.24, 2.45) is 5.41 Å². The Morgan fingerprint density at radius 1 is 1.18 bits per heavy atom. The van der Waals surface area contributed by atoms with Gasteiger partial charge in [-0.25, -0.2) is 9.18 Å². The molecule has 0 spiro atoms. The number of imide groups is 1. The number of carbonyl (C=O) groups is 2. The summed E-state index contributed by atoms with van der Waals surface area (Å²) in [6, 6.07) is 10.5. The molecule has 0 saturated carbocycles. The second kappa shape index (κ2) is 10.1. The summed E-state index contributed by atoms with van der Waals surface area (Å²) in [5, 5.41) is 15.3. The zero-order valence-electron chi connectivity index (χ0n) is 22.5. The molecule has 0 bridgehead atoms. The standard InChI is InChI=1S/C30H32ClFN4O4/c1-29(2)17-35(14-18-3-5-24(31)21(11-18)19-15-40-16-19)10-8-30(29,39)23-4-6-25-22(27(23)32)12-20(13-33-25)36-9-7-26(37)34-28(36)38/h3-6,11-13,19,39H,7-10,14-17H2,1-2H3,(H,34,37,38)/t30-/m1/s1. The Kier molecular flexibility index (Phi) is 6.81. The second-order valence-corrected chi connectivity index (χ2v) is 12.1. The van der Waals surface area contributed by atoms with Crippen molar-refractivity contribution in [2.75, 3.05) is 37.7 Å². The van der Waals surface area contributed by atoms with E-state index in [4.69, 9.17) is 16.3 Å². The quantitative estimate of drug-likeness (QED) is 0.465. The summed E-state index contributed by atoms with van der Waals surface area (Å²) >= 11 is 6.44. The highest BCUT2D eigenvalue weighted by Gasteiger charge is 2.50. The summed E-state index contributed by atoms with van der Waals surface area (Å²) in [7, 11) is 0. The van der Waals surface area contributed by atoms with E-state index in [1.54, 1.807) is 18.2 Å². The third kappa shape index (κ3) is 4.64. The van der Waals surface area contributed by atoms with E-state index < -0.39 is 22.9 Å². The molecule has 3 aliphatic rings. The molecule has 0 aliphatic carbocycles. The molecule has 0 radical (unpaired) electrons. The lowest BCUT2D eigenvalue weighted by Crippen LogP contribution is -2.55. The predicted octanol–water partition coefficient (Wildman–Crippen LogP) is 4.71. The summed E-state index contributed by atoms with van der Waals surface area (Å²) in [4.78, 5) is 31.9. The topological polar surface area (TPSA) is 95.0 Å². The van der Waals surface area contributed by atoms with Crippen LogP contribution in [-0.4, -0.2) is 59.8 Å². The number of pyridine rings is 1. The third-order valence-electron chi connectivity index (χ3n) is 8.67. The van der Waals surface area contributed by atoms with E-state index in [9.17, 15) is 14.7 Å². The van der Waals surface area contributed by atoms with Crippen LogP contribution < -0.4 is 10.2 Å². The number of nitrogens with zero attached hydrogens (tertiary/aromatic N) is 3. The number of fused-ring (bicyclic) bond motifs is 1. The maximum Gasteiger partial charge on any atom is 0.328 e. The van der Waals surface area contributed by atoms with Gasteiger partial charge in [0.25, 0.3) is 0 Å². The number of likely N-dealkylation sites (tertiary alicyclic amines) is 1. The molecule has 3 saturated heterocycles. The highest BCUT2D eigenvalue weighted by molar-refractivity contribution is 6.31. The van der Waals surface area contributed by atoms with Gasteiger partial charge in [-0.1, -0.05) is 43.6 Å². The van der Waals surface area contributed by atoms with Crippen molar-refractivity contribution in [1.82, 2.24) is 15.2 Å². The van der Waals surface area contributed by atoms with Gasteiger partial charge in [0, 0.05) is 59.9 Å². The molecular weight excluding hydrogens is 535 g/mol. The van der Waals surface area contributed by atoms with Crippen molar-refractivity contribution in [1.29, 1.82) is 0 Å². The monoisotopic (exact) mass is 566 g/mol. The fourth-order valence-electron chi connectivity index (χ4n) is 6.17. The highest BCUT2D eigenvalue weighted by Crippen LogP contribution is 2.48. The van der Waals surface area contributed by atoms with Crippen LogP contribution in [0.2, 0.25) is 5.02 Å². The van der Waals surface area contributed by atoms with E-state index in [1.807, 2.05) is 26.0 Å². The van der Waals surface area contributed by atoms with Gasteiger partial charge in [-0.3, -0.25) is 24.9 Å². The lowest BCUT2D eigenvalue weighted by molar-refractivity contribution is -0.128. The Morgan fingerprint density at radius 2 is 1.98 bits per heavy atom. The fourth-order valence-corrected chi connectivity index (χ4v) is 6.44. The maximum absolute atomic E-state index is 16.2. The number of hydrogen-bond donors (Lipinski definition) is 2. The number of carbonyl (C=O) groups excluding carboxylic acids is 2. The van der Waals surface area contributed by atoms with Crippen molar-refractivity contribution in [2.45, 2.75) is 44.8 Å². The van der Waals surface area contributed by atoms with Gasteiger partial charge < -0.3 is 9.84 Å². The summed E-state index contributed by atoms with van der Waals surface area (Å²) < 4.78 is 21.5. The molecular formula is C30H32ClFN4O4. The molecule has 3 amide bonds. The minimum absolute atomic E-state index is 0.156. The summed E-state index contributed by atoms with van der Waals surface area (Å²) in [6.07, 6.45) is 2.00. The molecule has 3 aliphatic heterocycles. The van der Waals surface area contributed by atoms with E-state index in [0.717, 1.165) is 16.1 Å². The molecule has 210 valence electrons. The summed E-state index contributed by atoms with van der Waals surface area (Å²) in [5.74, 6) is -0.564. The van der Waals surface area contributed by atoms with Crippen molar-refractivity contribution in [3.8, 4) is 0 Å². The van der Waals surface area contributed by atoms with Gasteiger partial charge in [-0.2, -0.15) is 0 Å². The molecule has 2 N–H and O–H groups in total. The number of rotatable bonds is 5. The van der Waals surface area contributed by atoms with E-state index in [2.05, 4.69) is 21.3 Å². The third-order valence-corrected chi connectivity index (χ3v) is 9.01. The Morgan fingerprint density at radius 3 is 2.67 bits per heavy atom. The Hall–Kier alpha value is -3.11. The largest absolute Gasteiger partial charge is 0.384 e. The number of piperidine rings is 1. The van der Waals surface area contributed by atoms with E-state index in [-0.39, 0.29) is 29.8 Å². The van der Waals surface area contributed by atoms with Gasteiger partial charge in [-0.15, -0.1) is 0 Å². The number of benzene rings is 2. The van der Waals surface area contributed by atoms with Crippen LogP contribution in [0.5, 0.6) is 0 Å². The molecule has 3 fully saturated rings. The normalized spacial score (nSPS) is 23.8. The zero-order valence-corrected chi connectivity index (χ0v) is 23.3. The van der Waals surface area contributed by atoms with Crippen molar-refractivity contribution >= 4 is 40.1 Å². The van der Waals surface area contributed by atoms with Crippen LogP contribution in [0.4, 0.5) is 14.9 Å². The Balaban J connectivity index is 1.25. The van der Waals surface area contributed by atoms with Gasteiger partial charge in [0.15, 0.2) is 0 Å². The summed E-state index contributed by atoms with van der Waals surface area (Å²) in [6.45, 7) is 7.34. The first-order valence-corrected chi connectivity index (χ1v) is 13.9. The molecule has 2 aromatic carbocycles. The lowest BCUT2D eigenvalue weighted by atomic mass is 9.66. The highest BCUT2D eigenvalue weighted by atomic mass is 35.5. The Bertz CT molecular complexity index is 1510. The van der Waals surface area contributed by atoms with Gasteiger partial charge >= 0.3 is 6.03 Å².